The fourth-order valence-electron chi connectivity index (χ4n) is 2.35. The van der Waals surface area contributed by atoms with E-state index >= 15 is 0 Å². The number of halogens is 1. The largest absolute Gasteiger partial charge is 0.492 e. The van der Waals surface area contributed by atoms with Crippen LogP contribution in [-0.2, 0) is 16.4 Å². The van der Waals surface area contributed by atoms with Gasteiger partial charge in [0.2, 0.25) is 10.0 Å². The first-order valence-corrected chi connectivity index (χ1v) is 9.17. The summed E-state index contributed by atoms with van der Waals surface area (Å²) in [6, 6.07) is 3.18. The molecule has 0 N–H and O–H groups in total. The van der Waals surface area contributed by atoms with E-state index in [1.807, 2.05) is 0 Å². The molecule has 5 nitrogen and oxygen atoms in total. The lowest BCUT2D eigenvalue weighted by atomic mass is 10.0. The molecule has 22 heavy (non-hydrogen) atoms. The molecule has 0 spiro atoms. The van der Waals surface area contributed by atoms with Crippen LogP contribution >= 0.6 is 11.6 Å². The van der Waals surface area contributed by atoms with E-state index in [2.05, 4.69) is 0 Å². The molecule has 1 aromatic rings. The molecule has 1 aliphatic heterocycles. The lowest BCUT2D eigenvalue weighted by Gasteiger charge is -2.15. The summed E-state index contributed by atoms with van der Waals surface area (Å²) in [6.45, 7) is 0.440. The van der Waals surface area contributed by atoms with Crippen LogP contribution in [-0.4, -0.2) is 45.1 Å². The molecule has 0 unspecified atom stereocenters. The standard InChI is InChI=1S/C15H20ClNO4S/c1-17(2)22(19,20)14-10-12(13(18)5-3-4-7-16)9-11-6-8-21-15(11)14/h9-10H,3-8H2,1-2H3. The molecule has 0 radical (unpaired) electrons. The molecule has 1 heterocycles. The number of hydrogen-bond donors (Lipinski definition) is 0. The molecule has 1 aliphatic rings. The third-order valence-corrected chi connectivity index (χ3v) is 5.71. The zero-order valence-corrected chi connectivity index (χ0v) is 14.3. The molecule has 0 aromatic heterocycles. The minimum atomic E-state index is -3.65. The van der Waals surface area contributed by atoms with Crippen LogP contribution in [0.4, 0.5) is 0 Å². The summed E-state index contributed by atoms with van der Waals surface area (Å²) < 4.78 is 31.5. The summed E-state index contributed by atoms with van der Waals surface area (Å²) in [5, 5.41) is 0. The number of rotatable bonds is 7. The van der Waals surface area contributed by atoms with Gasteiger partial charge in [-0.3, -0.25) is 4.79 Å². The van der Waals surface area contributed by atoms with Crippen LogP contribution in [0.2, 0.25) is 0 Å². The third kappa shape index (κ3) is 3.45. The van der Waals surface area contributed by atoms with Gasteiger partial charge in [-0.15, -0.1) is 11.6 Å². The molecule has 0 saturated heterocycles. The summed E-state index contributed by atoms with van der Waals surface area (Å²) in [6.07, 6.45) is 2.46. The Hall–Kier alpha value is -1.11. The van der Waals surface area contributed by atoms with Gasteiger partial charge in [-0.05, 0) is 30.5 Å². The first-order chi connectivity index (χ1) is 10.4. The minimum Gasteiger partial charge on any atom is -0.492 e. The molecule has 7 heteroatoms. The van der Waals surface area contributed by atoms with Crippen LogP contribution in [0.15, 0.2) is 17.0 Å². The van der Waals surface area contributed by atoms with Gasteiger partial charge in [0.25, 0.3) is 0 Å². The van der Waals surface area contributed by atoms with Gasteiger partial charge in [-0.25, -0.2) is 12.7 Å². The average molecular weight is 346 g/mol. The lowest BCUT2D eigenvalue weighted by Crippen LogP contribution is -2.23. The van der Waals surface area contributed by atoms with E-state index in [0.29, 0.717) is 43.1 Å². The van der Waals surface area contributed by atoms with Crippen molar-refractivity contribution in [3.63, 3.8) is 0 Å². The number of hydrogen-bond acceptors (Lipinski definition) is 4. The van der Waals surface area contributed by atoms with Crippen molar-refractivity contribution in [3.05, 3.63) is 23.3 Å². The highest BCUT2D eigenvalue weighted by Gasteiger charge is 2.29. The Morgan fingerprint density at radius 1 is 1.32 bits per heavy atom. The van der Waals surface area contributed by atoms with Gasteiger partial charge in [-0.2, -0.15) is 0 Å². The maximum Gasteiger partial charge on any atom is 0.246 e. The molecule has 0 atom stereocenters. The molecule has 0 bridgehead atoms. The summed E-state index contributed by atoms with van der Waals surface area (Å²) in [4.78, 5) is 12.4. The fourth-order valence-corrected chi connectivity index (χ4v) is 3.63. The summed E-state index contributed by atoms with van der Waals surface area (Å²) in [7, 11) is -0.720. The monoisotopic (exact) mass is 345 g/mol. The van der Waals surface area contributed by atoms with Crippen molar-refractivity contribution in [2.45, 2.75) is 30.6 Å². The SMILES string of the molecule is CN(C)S(=O)(=O)c1cc(C(=O)CCCCCl)cc2c1OCC2. The van der Waals surface area contributed by atoms with E-state index in [1.54, 1.807) is 6.07 Å². The second kappa shape index (κ2) is 6.98. The van der Waals surface area contributed by atoms with Crippen molar-refractivity contribution in [1.29, 1.82) is 0 Å². The molecule has 1 aromatic carbocycles. The molecule has 0 amide bonds. The van der Waals surface area contributed by atoms with E-state index in [4.69, 9.17) is 16.3 Å². The minimum absolute atomic E-state index is 0.0602. The summed E-state index contributed by atoms with van der Waals surface area (Å²) in [5.41, 5.74) is 1.21. The lowest BCUT2D eigenvalue weighted by molar-refractivity contribution is 0.0979. The average Bonchev–Trinajstić information content (AvgIpc) is 2.94. The van der Waals surface area contributed by atoms with Crippen LogP contribution in [0.3, 0.4) is 0 Å². The molecule has 122 valence electrons. The topological polar surface area (TPSA) is 63.7 Å². The molecular weight excluding hydrogens is 326 g/mol. The molecule has 0 aliphatic carbocycles. The summed E-state index contributed by atoms with van der Waals surface area (Å²) >= 11 is 5.61. The van der Waals surface area contributed by atoms with Crippen LogP contribution in [0.5, 0.6) is 5.75 Å². The number of carbonyl (C=O) groups is 1. The van der Waals surface area contributed by atoms with Crippen molar-refractivity contribution in [2.75, 3.05) is 26.6 Å². The molecule has 0 saturated carbocycles. The Morgan fingerprint density at radius 2 is 2.05 bits per heavy atom. The molecule has 2 rings (SSSR count). The first-order valence-electron chi connectivity index (χ1n) is 7.19. The van der Waals surface area contributed by atoms with E-state index in [-0.39, 0.29) is 10.7 Å². The van der Waals surface area contributed by atoms with Crippen molar-refractivity contribution in [3.8, 4) is 5.75 Å². The number of ether oxygens (including phenoxy) is 1. The second-order valence-corrected chi connectivity index (χ2v) is 7.92. The quantitative estimate of drug-likeness (QED) is 0.432. The Labute approximate surface area is 136 Å². The number of sulfonamides is 1. The van der Waals surface area contributed by atoms with Crippen molar-refractivity contribution in [2.24, 2.45) is 0 Å². The number of nitrogens with zero attached hydrogens (tertiary/aromatic N) is 1. The van der Waals surface area contributed by atoms with Gasteiger partial charge in [0, 0.05) is 38.4 Å². The second-order valence-electron chi connectivity index (χ2n) is 5.42. The zero-order valence-electron chi connectivity index (χ0n) is 12.8. The predicted octanol–water partition coefficient (Wildman–Crippen LogP) is 2.46. The number of alkyl halides is 1. The normalized spacial score (nSPS) is 14.0. The maximum absolute atomic E-state index is 12.4. The van der Waals surface area contributed by atoms with Crippen LogP contribution in [0.1, 0.15) is 35.2 Å². The van der Waals surface area contributed by atoms with Crippen molar-refractivity contribution in [1.82, 2.24) is 4.31 Å². The van der Waals surface area contributed by atoms with Crippen molar-refractivity contribution < 1.29 is 17.9 Å². The Kier molecular flexibility index (Phi) is 5.47. The number of fused-ring (bicyclic) bond motifs is 1. The van der Waals surface area contributed by atoms with E-state index < -0.39 is 10.0 Å². The highest BCUT2D eigenvalue weighted by Crippen LogP contribution is 2.35. The summed E-state index contributed by atoms with van der Waals surface area (Å²) in [5.74, 6) is 0.840. The predicted molar refractivity (Wildman–Crippen MR) is 85.4 cm³/mol. The van der Waals surface area contributed by atoms with Gasteiger partial charge in [0.05, 0.1) is 6.61 Å². The van der Waals surface area contributed by atoms with Crippen LogP contribution in [0, 0.1) is 0 Å². The Balaban J connectivity index is 2.41. The van der Waals surface area contributed by atoms with Crippen LogP contribution in [0.25, 0.3) is 0 Å². The van der Waals surface area contributed by atoms with Gasteiger partial charge < -0.3 is 4.74 Å². The van der Waals surface area contributed by atoms with Gasteiger partial charge >= 0.3 is 0 Å². The first kappa shape index (κ1) is 17.2. The molecule has 0 fully saturated rings. The zero-order chi connectivity index (χ0) is 16.3. The van der Waals surface area contributed by atoms with E-state index in [1.165, 1.54) is 20.2 Å². The maximum atomic E-state index is 12.4. The van der Waals surface area contributed by atoms with Crippen molar-refractivity contribution >= 4 is 27.4 Å². The van der Waals surface area contributed by atoms with Gasteiger partial charge in [0.15, 0.2) is 5.78 Å². The Morgan fingerprint density at radius 3 is 2.68 bits per heavy atom. The smallest absolute Gasteiger partial charge is 0.246 e. The van der Waals surface area contributed by atoms with E-state index in [9.17, 15) is 13.2 Å². The van der Waals surface area contributed by atoms with Crippen LogP contribution < -0.4 is 4.74 Å². The number of benzene rings is 1. The number of ketones is 1. The number of unbranched alkanes of at least 4 members (excludes halogenated alkanes) is 1. The third-order valence-electron chi connectivity index (χ3n) is 3.62. The van der Waals surface area contributed by atoms with E-state index in [0.717, 1.165) is 16.3 Å². The Bertz CT molecular complexity index is 670. The highest BCUT2D eigenvalue weighted by atomic mass is 35.5. The molecular formula is C15H20ClNO4S. The van der Waals surface area contributed by atoms with Gasteiger partial charge in [0.1, 0.15) is 10.6 Å². The number of carbonyl (C=O) groups excluding carboxylic acids is 1. The number of Topliss-reactive ketones (excluding diaryl/α,β-unsaturated/α-hetero) is 1. The van der Waals surface area contributed by atoms with Gasteiger partial charge in [-0.1, -0.05) is 0 Å². The fraction of sp³-hybridized carbons (Fsp3) is 0.533. The highest BCUT2D eigenvalue weighted by molar-refractivity contribution is 7.89.